The molecule has 2 rings (SSSR count). The summed E-state index contributed by atoms with van der Waals surface area (Å²) in [6.07, 6.45) is 0. The lowest BCUT2D eigenvalue weighted by Gasteiger charge is -2.15. The second kappa shape index (κ2) is 5.73. The van der Waals surface area contributed by atoms with Gasteiger partial charge in [0.15, 0.2) is 0 Å². The highest BCUT2D eigenvalue weighted by molar-refractivity contribution is 7.92. The van der Waals surface area contributed by atoms with E-state index < -0.39 is 15.8 Å². The van der Waals surface area contributed by atoms with Crippen LogP contribution in [0.15, 0.2) is 41.3 Å². The molecule has 0 unspecified atom stereocenters. The SMILES string of the molecule is COc1ccc(F)cc1S(=O)(=O)Nc1c(C)cccc1C. The van der Waals surface area contributed by atoms with Crippen LogP contribution in [0.4, 0.5) is 10.1 Å². The fourth-order valence-corrected chi connectivity index (χ4v) is 3.41. The van der Waals surface area contributed by atoms with E-state index in [2.05, 4.69) is 4.72 Å². The molecule has 0 atom stereocenters. The van der Waals surface area contributed by atoms with Gasteiger partial charge in [-0.1, -0.05) is 18.2 Å². The van der Waals surface area contributed by atoms with Crippen LogP contribution in [0.3, 0.4) is 0 Å². The molecule has 1 N–H and O–H groups in total. The van der Waals surface area contributed by atoms with Gasteiger partial charge in [0, 0.05) is 0 Å². The number of hydrogen-bond donors (Lipinski definition) is 1. The standard InChI is InChI=1S/C15H16FNO3S/c1-10-5-4-6-11(2)15(10)17-21(18,19)14-9-12(16)7-8-13(14)20-3/h4-9,17H,1-3H3. The molecule has 0 aliphatic rings. The molecule has 0 aliphatic heterocycles. The summed E-state index contributed by atoms with van der Waals surface area (Å²) in [5.74, 6) is -0.548. The Labute approximate surface area is 123 Å². The topological polar surface area (TPSA) is 55.4 Å². The van der Waals surface area contributed by atoms with Crippen molar-refractivity contribution in [2.45, 2.75) is 18.7 Å². The van der Waals surface area contributed by atoms with Crippen molar-refractivity contribution in [3.05, 3.63) is 53.3 Å². The van der Waals surface area contributed by atoms with Gasteiger partial charge in [0.2, 0.25) is 0 Å². The van der Waals surface area contributed by atoms with Crippen LogP contribution in [0.1, 0.15) is 11.1 Å². The van der Waals surface area contributed by atoms with Gasteiger partial charge in [0.25, 0.3) is 10.0 Å². The molecular weight excluding hydrogens is 293 g/mol. The molecule has 0 heterocycles. The van der Waals surface area contributed by atoms with E-state index in [0.29, 0.717) is 5.69 Å². The van der Waals surface area contributed by atoms with Gasteiger partial charge in [-0.15, -0.1) is 0 Å². The summed E-state index contributed by atoms with van der Waals surface area (Å²) in [7, 11) is -2.60. The van der Waals surface area contributed by atoms with E-state index in [9.17, 15) is 12.8 Å². The number of hydrogen-bond acceptors (Lipinski definition) is 3. The summed E-state index contributed by atoms with van der Waals surface area (Å²) in [5, 5.41) is 0. The van der Waals surface area contributed by atoms with Gasteiger partial charge in [0.1, 0.15) is 16.5 Å². The maximum Gasteiger partial charge on any atom is 0.265 e. The molecule has 21 heavy (non-hydrogen) atoms. The number of halogens is 1. The van der Waals surface area contributed by atoms with E-state index >= 15 is 0 Å². The average Bonchev–Trinajstić information content (AvgIpc) is 2.43. The lowest BCUT2D eigenvalue weighted by atomic mass is 10.1. The third-order valence-electron chi connectivity index (χ3n) is 3.13. The van der Waals surface area contributed by atoms with Crippen LogP contribution in [-0.4, -0.2) is 15.5 Å². The largest absolute Gasteiger partial charge is 0.495 e. The maximum atomic E-state index is 13.4. The zero-order valence-electron chi connectivity index (χ0n) is 12.0. The minimum absolute atomic E-state index is 0.0927. The Morgan fingerprint density at radius 3 is 2.29 bits per heavy atom. The van der Waals surface area contributed by atoms with E-state index in [4.69, 9.17) is 4.74 Å². The summed E-state index contributed by atoms with van der Waals surface area (Å²) < 4.78 is 45.8. The number of anilines is 1. The Morgan fingerprint density at radius 1 is 1.10 bits per heavy atom. The average molecular weight is 309 g/mol. The second-order valence-corrected chi connectivity index (χ2v) is 6.32. The zero-order chi connectivity index (χ0) is 15.6. The Morgan fingerprint density at radius 2 is 1.71 bits per heavy atom. The first-order chi connectivity index (χ1) is 9.85. The Bertz CT molecular complexity index is 752. The van der Waals surface area contributed by atoms with E-state index in [1.165, 1.54) is 13.2 Å². The van der Waals surface area contributed by atoms with E-state index in [1.54, 1.807) is 26.0 Å². The number of methoxy groups -OCH3 is 1. The predicted octanol–water partition coefficient (Wildman–Crippen LogP) is 3.25. The van der Waals surface area contributed by atoms with Crippen molar-refractivity contribution in [1.29, 1.82) is 0 Å². The molecule has 0 aliphatic carbocycles. The predicted molar refractivity (Wildman–Crippen MR) is 79.7 cm³/mol. The molecule has 0 bridgehead atoms. The van der Waals surface area contributed by atoms with Gasteiger partial charge in [-0.2, -0.15) is 0 Å². The van der Waals surface area contributed by atoms with Crippen LogP contribution < -0.4 is 9.46 Å². The highest BCUT2D eigenvalue weighted by Crippen LogP contribution is 2.28. The highest BCUT2D eigenvalue weighted by atomic mass is 32.2. The zero-order valence-corrected chi connectivity index (χ0v) is 12.8. The molecule has 6 heteroatoms. The molecule has 2 aromatic carbocycles. The van der Waals surface area contributed by atoms with Crippen molar-refractivity contribution < 1.29 is 17.5 Å². The summed E-state index contributed by atoms with van der Waals surface area (Å²) in [4.78, 5) is -0.229. The van der Waals surface area contributed by atoms with Gasteiger partial charge < -0.3 is 4.74 Å². The molecular formula is C15H16FNO3S. The lowest BCUT2D eigenvalue weighted by Crippen LogP contribution is -2.16. The van der Waals surface area contributed by atoms with Crippen LogP contribution >= 0.6 is 0 Å². The normalized spacial score (nSPS) is 11.2. The van der Waals surface area contributed by atoms with E-state index in [-0.39, 0.29) is 10.6 Å². The minimum Gasteiger partial charge on any atom is -0.495 e. The first kappa shape index (κ1) is 15.3. The van der Waals surface area contributed by atoms with Crippen molar-refractivity contribution in [1.82, 2.24) is 0 Å². The highest BCUT2D eigenvalue weighted by Gasteiger charge is 2.21. The van der Waals surface area contributed by atoms with Gasteiger partial charge in [-0.05, 0) is 43.2 Å². The number of nitrogens with one attached hydrogen (secondary N) is 1. The molecule has 0 fully saturated rings. The van der Waals surface area contributed by atoms with Crippen molar-refractivity contribution >= 4 is 15.7 Å². The van der Waals surface area contributed by atoms with Gasteiger partial charge in [-0.25, -0.2) is 12.8 Å². The monoisotopic (exact) mass is 309 g/mol. The molecule has 2 aromatic rings. The second-order valence-electron chi connectivity index (χ2n) is 4.67. The van der Waals surface area contributed by atoms with Crippen LogP contribution in [0.25, 0.3) is 0 Å². The Hall–Kier alpha value is -2.08. The number of sulfonamides is 1. The first-order valence-corrected chi connectivity index (χ1v) is 7.76. The molecule has 0 spiro atoms. The fourth-order valence-electron chi connectivity index (χ4n) is 2.03. The summed E-state index contributed by atoms with van der Waals surface area (Å²) in [5.41, 5.74) is 2.06. The molecule has 4 nitrogen and oxygen atoms in total. The molecule has 0 aromatic heterocycles. The third kappa shape index (κ3) is 3.16. The Kier molecular flexibility index (Phi) is 4.18. The molecule has 0 radical (unpaired) electrons. The van der Waals surface area contributed by atoms with Crippen LogP contribution in [0.2, 0.25) is 0 Å². The van der Waals surface area contributed by atoms with E-state index in [0.717, 1.165) is 23.3 Å². The minimum atomic E-state index is -3.94. The molecule has 0 amide bonds. The summed E-state index contributed by atoms with van der Waals surface area (Å²) >= 11 is 0. The number of rotatable bonds is 4. The number of benzene rings is 2. The summed E-state index contributed by atoms with van der Waals surface area (Å²) in [6.45, 7) is 3.60. The summed E-state index contributed by atoms with van der Waals surface area (Å²) in [6, 6.07) is 8.81. The maximum absolute atomic E-state index is 13.4. The van der Waals surface area contributed by atoms with Crippen LogP contribution in [0.5, 0.6) is 5.75 Å². The van der Waals surface area contributed by atoms with Crippen molar-refractivity contribution in [3.63, 3.8) is 0 Å². The first-order valence-electron chi connectivity index (χ1n) is 6.27. The molecule has 0 saturated heterocycles. The van der Waals surface area contributed by atoms with Crippen LogP contribution in [0, 0.1) is 19.7 Å². The van der Waals surface area contributed by atoms with Crippen LogP contribution in [-0.2, 0) is 10.0 Å². The van der Waals surface area contributed by atoms with Crippen molar-refractivity contribution in [2.75, 3.05) is 11.8 Å². The number of aryl methyl sites for hydroxylation is 2. The molecule has 0 saturated carbocycles. The van der Waals surface area contributed by atoms with Crippen molar-refractivity contribution in [2.24, 2.45) is 0 Å². The van der Waals surface area contributed by atoms with E-state index in [1.807, 2.05) is 6.07 Å². The van der Waals surface area contributed by atoms with Gasteiger partial charge in [0.05, 0.1) is 12.8 Å². The fraction of sp³-hybridized carbons (Fsp3) is 0.200. The van der Waals surface area contributed by atoms with Crippen molar-refractivity contribution in [3.8, 4) is 5.75 Å². The molecule has 112 valence electrons. The Balaban J connectivity index is 2.51. The third-order valence-corrected chi connectivity index (χ3v) is 4.50. The quantitative estimate of drug-likeness (QED) is 0.943. The van der Waals surface area contributed by atoms with Gasteiger partial charge >= 0.3 is 0 Å². The lowest BCUT2D eigenvalue weighted by molar-refractivity contribution is 0.401. The smallest absolute Gasteiger partial charge is 0.265 e. The number of para-hydroxylation sites is 1. The number of ether oxygens (including phenoxy) is 1. The van der Waals surface area contributed by atoms with Gasteiger partial charge in [-0.3, -0.25) is 4.72 Å².